The van der Waals surface area contributed by atoms with E-state index >= 15 is 0 Å². The van der Waals surface area contributed by atoms with E-state index in [0.29, 0.717) is 5.25 Å². The number of hydrogen-bond acceptors (Lipinski definition) is 5. The molecule has 0 aliphatic carbocycles. The normalized spacial score (nSPS) is 14.7. The van der Waals surface area contributed by atoms with Crippen LogP contribution in [-0.4, -0.2) is 11.0 Å². The summed E-state index contributed by atoms with van der Waals surface area (Å²) < 4.78 is 1.12. The Morgan fingerprint density at radius 1 is 1.39 bits per heavy atom. The average Bonchev–Trinajstić information content (AvgIpc) is 2.94. The van der Waals surface area contributed by atoms with Gasteiger partial charge in [0.15, 0.2) is 4.34 Å². The molecular weight excluding hydrogens is 280 g/mol. The van der Waals surface area contributed by atoms with Crippen molar-refractivity contribution < 1.29 is 0 Å². The molecule has 2 nitrogen and oxygen atoms in total. The fraction of sp³-hybridized carbons (Fsp3) is 0.462. The van der Waals surface area contributed by atoms with Crippen molar-refractivity contribution in [1.29, 1.82) is 0 Å². The molecule has 0 spiro atoms. The molecule has 0 saturated heterocycles. The molecule has 0 saturated carbocycles. The number of rotatable bonds is 5. The smallest absolute Gasteiger partial charge is 0.150 e. The van der Waals surface area contributed by atoms with Crippen molar-refractivity contribution in [3.63, 3.8) is 0 Å². The van der Waals surface area contributed by atoms with E-state index < -0.39 is 0 Å². The summed E-state index contributed by atoms with van der Waals surface area (Å²) >= 11 is 5.32. The lowest BCUT2D eigenvalue weighted by Gasteiger charge is -2.21. The molecule has 2 N–H and O–H groups in total. The molecule has 0 bridgehead atoms. The maximum absolute atomic E-state index is 6.29. The molecule has 2 unspecified atom stereocenters. The highest BCUT2D eigenvalue weighted by atomic mass is 32.2. The van der Waals surface area contributed by atoms with Crippen molar-refractivity contribution in [2.45, 2.75) is 42.8 Å². The number of aromatic nitrogens is 1. The predicted octanol–water partition coefficient (Wildman–Crippen LogP) is 4.39. The lowest BCUT2D eigenvalue weighted by atomic mass is 10.1. The van der Waals surface area contributed by atoms with Gasteiger partial charge in [0.2, 0.25) is 0 Å². The quantitative estimate of drug-likeness (QED) is 0.832. The van der Waals surface area contributed by atoms with Gasteiger partial charge >= 0.3 is 0 Å². The fourth-order valence-corrected chi connectivity index (χ4v) is 5.29. The molecular formula is C13H18N2S3. The highest BCUT2D eigenvalue weighted by molar-refractivity contribution is 8.01. The molecule has 2 heterocycles. The first-order chi connectivity index (χ1) is 8.61. The predicted molar refractivity (Wildman–Crippen MR) is 82.8 cm³/mol. The van der Waals surface area contributed by atoms with Crippen LogP contribution in [0.3, 0.4) is 0 Å². The Morgan fingerprint density at radius 3 is 2.67 bits per heavy atom. The summed E-state index contributed by atoms with van der Waals surface area (Å²) in [5.74, 6) is 0. The molecule has 5 heteroatoms. The second-order valence-electron chi connectivity index (χ2n) is 4.33. The van der Waals surface area contributed by atoms with Gasteiger partial charge in [0.05, 0.1) is 5.25 Å². The fourth-order valence-electron chi connectivity index (χ4n) is 1.72. The molecule has 0 fully saturated rings. The van der Waals surface area contributed by atoms with E-state index in [2.05, 4.69) is 35.7 Å². The van der Waals surface area contributed by atoms with E-state index in [1.165, 1.54) is 10.4 Å². The minimum Gasteiger partial charge on any atom is -0.326 e. The van der Waals surface area contributed by atoms with E-state index in [4.69, 9.17) is 5.73 Å². The summed E-state index contributed by atoms with van der Waals surface area (Å²) in [5.41, 5.74) is 8.73. The number of aryl methyl sites for hydroxylation is 2. The molecule has 0 radical (unpaired) electrons. The standard InChI is InChI=1S/C13H18N2S3/c1-4-10(14)12(11-8(2)5-6-16-11)18-13-15-9(3)7-17-13/h5-7,10,12H,4,14H2,1-3H3. The van der Waals surface area contributed by atoms with Crippen LogP contribution in [0.15, 0.2) is 21.2 Å². The lowest BCUT2D eigenvalue weighted by Crippen LogP contribution is -2.25. The van der Waals surface area contributed by atoms with Gasteiger partial charge in [-0.2, -0.15) is 0 Å². The summed E-state index contributed by atoms with van der Waals surface area (Å²) in [6, 6.07) is 2.35. The van der Waals surface area contributed by atoms with E-state index in [1.54, 1.807) is 34.4 Å². The first-order valence-electron chi connectivity index (χ1n) is 6.00. The highest BCUT2D eigenvalue weighted by Crippen LogP contribution is 2.42. The van der Waals surface area contributed by atoms with Gasteiger partial charge in [0, 0.05) is 22.0 Å². The Morgan fingerprint density at radius 2 is 2.17 bits per heavy atom. The number of thiazole rings is 1. The van der Waals surface area contributed by atoms with Gasteiger partial charge in [0.25, 0.3) is 0 Å². The molecule has 2 rings (SSSR count). The van der Waals surface area contributed by atoms with Gasteiger partial charge in [-0.05, 0) is 37.3 Å². The molecule has 98 valence electrons. The van der Waals surface area contributed by atoms with Crippen LogP contribution < -0.4 is 5.73 Å². The molecule has 0 aliphatic heterocycles. The summed E-state index contributed by atoms with van der Waals surface area (Å²) in [4.78, 5) is 5.93. The SMILES string of the molecule is CCC(N)C(Sc1nc(C)cs1)c1sccc1C. The van der Waals surface area contributed by atoms with Crippen LogP contribution in [0.2, 0.25) is 0 Å². The number of hydrogen-bond donors (Lipinski definition) is 1. The third-order valence-electron chi connectivity index (χ3n) is 2.85. The molecule has 18 heavy (non-hydrogen) atoms. The Balaban J connectivity index is 2.23. The van der Waals surface area contributed by atoms with Crippen LogP contribution in [0.25, 0.3) is 0 Å². The van der Waals surface area contributed by atoms with E-state index in [-0.39, 0.29) is 6.04 Å². The third kappa shape index (κ3) is 3.15. The Bertz CT molecular complexity index is 504. The topological polar surface area (TPSA) is 38.9 Å². The van der Waals surface area contributed by atoms with Gasteiger partial charge in [0.1, 0.15) is 0 Å². The zero-order valence-electron chi connectivity index (χ0n) is 10.8. The molecule has 0 aromatic carbocycles. The molecule has 2 atom stereocenters. The Hall–Kier alpha value is -0.360. The highest BCUT2D eigenvalue weighted by Gasteiger charge is 2.23. The first-order valence-corrected chi connectivity index (χ1v) is 8.64. The zero-order valence-corrected chi connectivity index (χ0v) is 13.3. The minimum atomic E-state index is 0.177. The summed E-state index contributed by atoms with van der Waals surface area (Å²) in [7, 11) is 0. The van der Waals surface area contributed by atoms with Gasteiger partial charge in [-0.25, -0.2) is 4.98 Å². The van der Waals surface area contributed by atoms with Crippen molar-refractivity contribution >= 4 is 34.4 Å². The monoisotopic (exact) mass is 298 g/mol. The number of nitrogens with zero attached hydrogens (tertiary/aromatic N) is 1. The van der Waals surface area contributed by atoms with Crippen molar-refractivity contribution in [3.05, 3.63) is 33.0 Å². The average molecular weight is 299 g/mol. The van der Waals surface area contributed by atoms with Gasteiger partial charge in [-0.15, -0.1) is 22.7 Å². The third-order valence-corrected chi connectivity index (χ3v) is 6.56. The molecule has 0 amide bonds. The van der Waals surface area contributed by atoms with Crippen LogP contribution in [0, 0.1) is 13.8 Å². The van der Waals surface area contributed by atoms with Crippen molar-refractivity contribution in [1.82, 2.24) is 4.98 Å². The van der Waals surface area contributed by atoms with Crippen LogP contribution in [0.4, 0.5) is 0 Å². The van der Waals surface area contributed by atoms with Crippen LogP contribution in [-0.2, 0) is 0 Å². The van der Waals surface area contributed by atoms with Crippen LogP contribution >= 0.6 is 34.4 Å². The van der Waals surface area contributed by atoms with Crippen molar-refractivity contribution in [2.24, 2.45) is 5.73 Å². The summed E-state index contributed by atoms with van der Waals surface area (Å²) in [5, 5.41) is 4.56. The lowest BCUT2D eigenvalue weighted by molar-refractivity contribution is 0.638. The molecule has 2 aromatic heterocycles. The Labute approximate surface area is 121 Å². The van der Waals surface area contributed by atoms with E-state index in [0.717, 1.165) is 16.5 Å². The second kappa shape index (κ2) is 6.19. The molecule has 0 aliphatic rings. The van der Waals surface area contributed by atoms with Crippen LogP contribution in [0.1, 0.15) is 34.7 Å². The van der Waals surface area contributed by atoms with Gasteiger partial charge in [-0.1, -0.05) is 18.7 Å². The number of thiophene rings is 1. The maximum Gasteiger partial charge on any atom is 0.150 e. The maximum atomic E-state index is 6.29. The van der Waals surface area contributed by atoms with Gasteiger partial charge in [-0.3, -0.25) is 0 Å². The summed E-state index contributed by atoms with van der Waals surface area (Å²) in [6.45, 7) is 6.34. The Kier molecular flexibility index (Phi) is 4.84. The number of thioether (sulfide) groups is 1. The summed E-state index contributed by atoms with van der Waals surface area (Å²) in [6.07, 6.45) is 0.985. The largest absolute Gasteiger partial charge is 0.326 e. The minimum absolute atomic E-state index is 0.177. The van der Waals surface area contributed by atoms with E-state index in [1.807, 2.05) is 6.92 Å². The van der Waals surface area contributed by atoms with E-state index in [9.17, 15) is 0 Å². The van der Waals surface area contributed by atoms with Crippen molar-refractivity contribution in [2.75, 3.05) is 0 Å². The zero-order chi connectivity index (χ0) is 13.1. The van der Waals surface area contributed by atoms with Gasteiger partial charge < -0.3 is 5.73 Å². The molecule has 2 aromatic rings. The second-order valence-corrected chi connectivity index (χ2v) is 7.53. The van der Waals surface area contributed by atoms with Crippen molar-refractivity contribution in [3.8, 4) is 0 Å². The first kappa shape index (κ1) is 14.1. The number of nitrogens with two attached hydrogens (primary N) is 1. The van der Waals surface area contributed by atoms with Crippen LogP contribution in [0.5, 0.6) is 0 Å².